The zero-order chi connectivity index (χ0) is 14.5. The zero-order valence-electron chi connectivity index (χ0n) is 11.9. The van der Waals surface area contributed by atoms with E-state index in [0.717, 1.165) is 37.1 Å². The number of anilines is 1. The van der Waals surface area contributed by atoms with Gasteiger partial charge in [0.1, 0.15) is 0 Å². The van der Waals surface area contributed by atoms with Crippen LogP contribution in [0.4, 0.5) is 5.69 Å². The number of fused-ring (bicyclic) bond motifs is 1. The lowest BCUT2D eigenvalue weighted by Crippen LogP contribution is -2.34. The van der Waals surface area contributed by atoms with Crippen molar-refractivity contribution in [1.29, 1.82) is 0 Å². The second-order valence-electron chi connectivity index (χ2n) is 5.21. The van der Waals surface area contributed by atoms with Gasteiger partial charge in [-0.1, -0.05) is 19.1 Å². The van der Waals surface area contributed by atoms with E-state index in [9.17, 15) is 9.59 Å². The van der Waals surface area contributed by atoms with Gasteiger partial charge in [0, 0.05) is 25.1 Å². The third-order valence-electron chi connectivity index (χ3n) is 3.73. The minimum absolute atomic E-state index is 0.161. The highest BCUT2D eigenvalue weighted by molar-refractivity contribution is 5.94. The Morgan fingerprint density at radius 1 is 1.35 bits per heavy atom. The number of amides is 1. The van der Waals surface area contributed by atoms with Crippen LogP contribution in [0.25, 0.3) is 0 Å². The standard InChI is InChI=1S/C16H21NO3/c1-2-15(18)17-10-4-6-13-9-8-12(11-14(13)17)5-3-7-16(19)20/h8-9,11H,2-7,10H2,1H3,(H,19,20). The predicted octanol–water partition coefficient (Wildman–Crippen LogP) is 2.78. The molecule has 1 heterocycles. The van der Waals surface area contributed by atoms with Gasteiger partial charge in [-0.2, -0.15) is 0 Å². The molecule has 1 N–H and O–H groups in total. The smallest absolute Gasteiger partial charge is 0.303 e. The van der Waals surface area contributed by atoms with Gasteiger partial charge in [0.25, 0.3) is 0 Å². The predicted molar refractivity (Wildman–Crippen MR) is 78.0 cm³/mol. The van der Waals surface area contributed by atoms with Crippen LogP contribution in [0.15, 0.2) is 18.2 Å². The first kappa shape index (κ1) is 14.6. The Kier molecular flexibility index (Phi) is 4.77. The Bertz CT molecular complexity index is 510. The summed E-state index contributed by atoms with van der Waals surface area (Å²) >= 11 is 0. The van der Waals surface area contributed by atoms with Crippen LogP contribution in [0.1, 0.15) is 43.7 Å². The summed E-state index contributed by atoms with van der Waals surface area (Å²) in [5, 5.41) is 8.68. The molecule has 0 atom stereocenters. The molecule has 4 heteroatoms. The first-order chi connectivity index (χ1) is 9.61. The number of carbonyl (C=O) groups excluding carboxylic acids is 1. The van der Waals surface area contributed by atoms with E-state index in [2.05, 4.69) is 18.2 Å². The number of rotatable bonds is 5. The molecule has 0 saturated carbocycles. The highest BCUT2D eigenvalue weighted by Gasteiger charge is 2.21. The summed E-state index contributed by atoms with van der Waals surface area (Å²) in [6.07, 6.45) is 4.11. The van der Waals surface area contributed by atoms with Gasteiger partial charge in [-0.25, -0.2) is 0 Å². The van der Waals surface area contributed by atoms with Crippen LogP contribution >= 0.6 is 0 Å². The van der Waals surface area contributed by atoms with Crippen molar-refractivity contribution in [3.05, 3.63) is 29.3 Å². The van der Waals surface area contributed by atoms with Gasteiger partial charge in [0.2, 0.25) is 5.91 Å². The average Bonchev–Trinajstić information content (AvgIpc) is 2.45. The number of aliphatic carboxylic acids is 1. The van der Waals surface area contributed by atoms with Crippen LogP contribution < -0.4 is 4.90 Å². The van der Waals surface area contributed by atoms with Crippen molar-refractivity contribution in [2.45, 2.75) is 45.4 Å². The van der Waals surface area contributed by atoms with Gasteiger partial charge in [0.15, 0.2) is 0 Å². The average molecular weight is 275 g/mol. The van der Waals surface area contributed by atoms with Crippen molar-refractivity contribution in [2.24, 2.45) is 0 Å². The fourth-order valence-corrected chi connectivity index (χ4v) is 2.67. The molecule has 2 rings (SSSR count). The fraction of sp³-hybridized carbons (Fsp3) is 0.500. The lowest BCUT2D eigenvalue weighted by Gasteiger charge is -2.30. The topological polar surface area (TPSA) is 57.6 Å². The van der Waals surface area contributed by atoms with Crippen LogP contribution in [0, 0.1) is 0 Å². The minimum atomic E-state index is -0.759. The largest absolute Gasteiger partial charge is 0.481 e. The number of carboxylic acid groups (broad SMARTS) is 1. The summed E-state index contributed by atoms with van der Waals surface area (Å²) in [4.78, 5) is 24.4. The van der Waals surface area contributed by atoms with E-state index in [1.807, 2.05) is 11.8 Å². The molecule has 108 valence electrons. The Balaban J connectivity index is 2.15. The molecular formula is C16H21NO3. The lowest BCUT2D eigenvalue weighted by atomic mass is 9.97. The lowest BCUT2D eigenvalue weighted by molar-refractivity contribution is -0.137. The maximum Gasteiger partial charge on any atom is 0.303 e. The van der Waals surface area contributed by atoms with Crippen molar-refractivity contribution in [3.63, 3.8) is 0 Å². The maximum absolute atomic E-state index is 12.0. The van der Waals surface area contributed by atoms with Crippen LogP contribution in [0.2, 0.25) is 0 Å². The van der Waals surface area contributed by atoms with E-state index in [1.54, 1.807) is 0 Å². The molecule has 1 aromatic rings. The van der Waals surface area contributed by atoms with Gasteiger partial charge in [-0.3, -0.25) is 9.59 Å². The van der Waals surface area contributed by atoms with Gasteiger partial charge >= 0.3 is 5.97 Å². The summed E-state index contributed by atoms with van der Waals surface area (Å²) in [5.41, 5.74) is 3.36. The van der Waals surface area contributed by atoms with E-state index in [1.165, 1.54) is 5.56 Å². The van der Waals surface area contributed by atoms with Gasteiger partial charge in [-0.05, 0) is 42.9 Å². The number of benzene rings is 1. The number of carboxylic acids is 1. The molecule has 0 unspecified atom stereocenters. The molecular weight excluding hydrogens is 254 g/mol. The molecule has 0 aliphatic carbocycles. The molecule has 1 aliphatic heterocycles. The van der Waals surface area contributed by atoms with E-state index < -0.39 is 5.97 Å². The summed E-state index contributed by atoms with van der Waals surface area (Å²) in [5.74, 6) is -0.598. The van der Waals surface area contributed by atoms with Crippen molar-refractivity contribution < 1.29 is 14.7 Å². The Labute approximate surface area is 119 Å². The van der Waals surface area contributed by atoms with Crippen LogP contribution in [0.5, 0.6) is 0 Å². The van der Waals surface area contributed by atoms with Crippen LogP contribution in [-0.2, 0) is 22.4 Å². The quantitative estimate of drug-likeness (QED) is 0.899. The van der Waals surface area contributed by atoms with Gasteiger partial charge < -0.3 is 10.0 Å². The molecule has 1 amide bonds. The maximum atomic E-state index is 12.0. The number of carbonyl (C=O) groups is 2. The summed E-state index contributed by atoms with van der Waals surface area (Å²) < 4.78 is 0. The number of nitrogens with zero attached hydrogens (tertiary/aromatic N) is 1. The third-order valence-corrected chi connectivity index (χ3v) is 3.73. The molecule has 20 heavy (non-hydrogen) atoms. The zero-order valence-corrected chi connectivity index (χ0v) is 11.9. The second-order valence-corrected chi connectivity index (χ2v) is 5.21. The molecule has 0 spiro atoms. The molecule has 1 aliphatic rings. The highest BCUT2D eigenvalue weighted by atomic mass is 16.4. The monoisotopic (exact) mass is 275 g/mol. The molecule has 0 bridgehead atoms. The fourth-order valence-electron chi connectivity index (χ4n) is 2.67. The molecule has 0 aromatic heterocycles. The van der Waals surface area contributed by atoms with Gasteiger partial charge in [-0.15, -0.1) is 0 Å². The van der Waals surface area contributed by atoms with E-state index >= 15 is 0 Å². The van der Waals surface area contributed by atoms with Crippen LogP contribution in [-0.4, -0.2) is 23.5 Å². The summed E-state index contributed by atoms with van der Waals surface area (Å²) in [6, 6.07) is 6.20. The van der Waals surface area contributed by atoms with Crippen molar-refractivity contribution in [2.75, 3.05) is 11.4 Å². The molecule has 4 nitrogen and oxygen atoms in total. The normalized spacial score (nSPS) is 13.9. The summed E-state index contributed by atoms with van der Waals surface area (Å²) in [6.45, 7) is 2.67. The van der Waals surface area contributed by atoms with Crippen molar-refractivity contribution in [3.8, 4) is 0 Å². The Morgan fingerprint density at radius 2 is 2.15 bits per heavy atom. The third kappa shape index (κ3) is 3.38. The number of hydrogen-bond acceptors (Lipinski definition) is 2. The van der Waals surface area contributed by atoms with Crippen LogP contribution in [0.3, 0.4) is 0 Å². The van der Waals surface area contributed by atoms with Crippen molar-refractivity contribution in [1.82, 2.24) is 0 Å². The number of hydrogen-bond donors (Lipinski definition) is 1. The van der Waals surface area contributed by atoms with E-state index in [0.29, 0.717) is 12.8 Å². The highest BCUT2D eigenvalue weighted by Crippen LogP contribution is 2.29. The Morgan fingerprint density at radius 3 is 2.85 bits per heavy atom. The minimum Gasteiger partial charge on any atom is -0.481 e. The first-order valence-corrected chi connectivity index (χ1v) is 7.25. The molecule has 0 saturated heterocycles. The molecule has 0 radical (unpaired) electrons. The SMILES string of the molecule is CCC(=O)N1CCCc2ccc(CCCC(=O)O)cc21. The first-order valence-electron chi connectivity index (χ1n) is 7.25. The van der Waals surface area contributed by atoms with Gasteiger partial charge in [0.05, 0.1) is 0 Å². The second kappa shape index (κ2) is 6.55. The summed E-state index contributed by atoms with van der Waals surface area (Å²) in [7, 11) is 0. The van der Waals surface area contributed by atoms with E-state index in [-0.39, 0.29) is 12.3 Å². The molecule has 0 fully saturated rings. The Hall–Kier alpha value is -1.84. The number of aryl methyl sites for hydroxylation is 2. The van der Waals surface area contributed by atoms with Crippen molar-refractivity contribution >= 4 is 17.6 Å². The van der Waals surface area contributed by atoms with E-state index in [4.69, 9.17) is 5.11 Å². The molecule has 1 aromatic carbocycles.